The van der Waals surface area contributed by atoms with E-state index in [1.165, 1.54) is 12.1 Å². The molecule has 0 aliphatic rings. The number of benzene rings is 3. The van der Waals surface area contributed by atoms with Crippen LogP contribution in [0, 0.1) is 0 Å². The van der Waals surface area contributed by atoms with Crippen molar-refractivity contribution >= 4 is 34.4 Å². The van der Waals surface area contributed by atoms with Crippen molar-refractivity contribution in [3.05, 3.63) is 71.8 Å². The topological polar surface area (TPSA) is 186 Å². The van der Waals surface area contributed by atoms with E-state index in [9.17, 15) is 24.3 Å². The predicted octanol–water partition coefficient (Wildman–Crippen LogP) is 0.722. The molecule has 0 saturated carbocycles. The summed E-state index contributed by atoms with van der Waals surface area (Å²) in [5.41, 5.74) is 11.6. The molecule has 11 heteroatoms. The lowest BCUT2D eigenvalue weighted by Crippen LogP contribution is -2.49. The van der Waals surface area contributed by atoms with Crippen molar-refractivity contribution in [2.75, 3.05) is 26.2 Å². The second-order valence-corrected chi connectivity index (χ2v) is 8.89. The number of fused-ring (bicyclic) bond motifs is 1. The summed E-state index contributed by atoms with van der Waals surface area (Å²) in [7, 11) is 0. The summed E-state index contributed by atoms with van der Waals surface area (Å²) in [6.07, 6.45) is 1.40. The SMILES string of the molecule is NCC(=O)NC(Cc1ccc(O)cc1)C(=O)NCCCCOc1cc2ccccc2cc1C(=O)NCC(N)=O. The molecule has 0 aliphatic carbocycles. The molecule has 0 spiro atoms. The number of aromatic hydroxyl groups is 1. The van der Waals surface area contributed by atoms with Crippen molar-refractivity contribution in [1.29, 1.82) is 0 Å². The van der Waals surface area contributed by atoms with Gasteiger partial charge in [0.2, 0.25) is 17.7 Å². The Morgan fingerprint density at radius 2 is 1.62 bits per heavy atom. The molecule has 0 aliphatic heterocycles. The fourth-order valence-corrected chi connectivity index (χ4v) is 3.85. The maximum atomic E-state index is 12.7. The van der Waals surface area contributed by atoms with Gasteiger partial charge in [-0.2, -0.15) is 0 Å². The first-order chi connectivity index (χ1) is 18.8. The standard InChI is InChI=1S/C28H33N5O6/c29-16-26(36)33-23(13-18-7-9-21(34)10-8-18)28(38)31-11-3-4-12-39-24-15-20-6-2-1-5-19(20)14-22(24)27(37)32-17-25(30)35/h1-2,5-10,14-15,23,34H,3-4,11-13,16-17,29H2,(H2,30,35)(H,31,38)(H,32,37)(H,33,36). The van der Waals surface area contributed by atoms with E-state index in [1.54, 1.807) is 24.3 Å². The Bertz CT molecular complexity index is 1310. The van der Waals surface area contributed by atoms with Crippen LogP contribution in [0.5, 0.6) is 11.5 Å². The summed E-state index contributed by atoms with van der Waals surface area (Å²) in [5.74, 6) is -1.45. The zero-order valence-corrected chi connectivity index (χ0v) is 21.4. The van der Waals surface area contributed by atoms with Gasteiger partial charge in [-0.3, -0.25) is 19.2 Å². The highest BCUT2D eigenvalue weighted by atomic mass is 16.5. The third-order valence-corrected chi connectivity index (χ3v) is 5.86. The van der Waals surface area contributed by atoms with Crippen molar-refractivity contribution in [2.24, 2.45) is 11.5 Å². The van der Waals surface area contributed by atoms with Gasteiger partial charge in [0.1, 0.15) is 17.5 Å². The van der Waals surface area contributed by atoms with Gasteiger partial charge in [-0.25, -0.2) is 0 Å². The largest absolute Gasteiger partial charge is 0.508 e. The number of ether oxygens (including phenoxy) is 1. The van der Waals surface area contributed by atoms with Gasteiger partial charge in [-0.15, -0.1) is 0 Å². The van der Waals surface area contributed by atoms with Crippen LogP contribution in [0.1, 0.15) is 28.8 Å². The highest BCUT2D eigenvalue weighted by Gasteiger charge is 2.20. The molecule has 1 unspecified atom stereocenters. The molecule has 0 aromatic heterocycles. The Labute approximate surface area is 225 Å². The first kappa shape index (κ1) is 28.9. The van der Waals surface area contributed by atoms with E-state index in [4.69, 9.17) is 16.2 Å². The second kappa shape index (κ2) is 14.3. The molecule has 206 valence electrons. The van der Waals surface area contributed by atoms with Gasteiger partial charge in [-0.1, -0.05) is 36.4 Å². The lowest BCUT2D eigenvalue weighted by Gasteiger charge is -2.18. The zero-order valence-electron chi connectivity index (χ0n) is 21.4. The Kier molecular flexibility index (Phi) is 10.6. The number of rotatable bonds is 14. The molecule has 1 atom stereocenters. The molecule has 3 rings (SSSR count). The molecule has 4 amide bonds. The minimum absolute atomic E-state index is 0.107. The summed E-state index contributed by atoms with van der Waals surface area (Å²) < 4.78 is 5.90. The normalized spacial score (nSPS) is 11.4. The lowest BCUT2D eigenvalue weighted by atomic mass is 10.0. The highest BCUT2D eigenvalue weighted by Crippen LogP contribution is 2.26. The van der Waals surface area contributed by atoms with Gasteiger partial charge in [0, 0.05) is 13.0 Å². The quantitative estimate of drug-likeness (QED) is 0.164. The van der Waals surface area contributed by atoms with Gasteiger partial charge >= 0.3 is 0 Å². The maximum absolute atomic E-state index is 12.7. The van der Waals surface area contributed by atoms with Crippen LogP contribution in [0.15, 0.2) is 60.7 Å². The Morgan fingerprint density at radius 1 is 0.923 bits per heavy atom. The number of carbonyl (C=O) groups is 4. The Morgan fingerprint density at radius 3 is 2.28 bits per heavy atom. The van der Waals surface area contributed by atoms with Crippen LogP contribution in [-0.2, 0) is 20.8 Å². The summed E-state index contributed by atoms with van der Waals surface area (Å²) in [6, 6.07) is 16.5. The lowest BCUT2D eigenvalue weighted by molar-refractivity contribution is -0.128. The molecular formula is C28H33N5O6. The third-order valence-electron chi connectivity index (χ3n) is 5.86. The van der Waals surface area contributed by atoms with E-state index in [0.29, 0.717) is 25.1 Å². The number of nitrogens with two attached hydrogens (primary N) is 2. The van der Waals surface area contributed by atoms with Crippen LogP contribution in [-0.4, -0.2) is 61.0 Å². The molecule has 8 N–H and O–H groups in total. The van der Waals surface area contributed by atoms with Crippen LogP contribution in [0.3, 0.4) is 0 Å². The van der Waals surface area contributed by atoms with Gasteiger partial charge in [-0.05, 0) is 53.4 Å². The smallest absolute Gasteiger partial charge is 0.255 e. The van der Waals surface area contributed by atoms with Gasteiger partial charge in [0.15, 0.2) is 0 Å². The number of nitrogens with one attached hydrogen (secondary N) is 3. The van der Waals surface area contributed by atoms with Crippen molar-refractivity contribution in [3.8, 4) is 11.5 Å². The van der Waals surface area contributed by atoms with Crippen LogP contribution >= 0.6 is 0 Å². The zero-order chi connectivity index (χ0) is 28.2. The van der Waals surface area contributed by atoms with E-state index in [1.807, 2.05) is 24.3 Å². The molecule has 0 fully saturated rings. The minimum atomic E-state index is -0.819. The monoisotopic (exact) mass is 535 g/mol. The molecule has 3 aromatic rings. The number of hydrogen-bond acceptors (Lipinski definition) is 7. The number of amides is 4. The number of phenols is 1. The predicted molar refractivity (Wildman–Crippen MR) is 146 cm³/mol. The molecule has 0 radical (unpaired) electrons. The molecule has 0 saturated heterocycles. The van der Waals surface area contributed by atoms with Crippen LogP contribution in [0.25, 0.3) is 10.8 Å². The number of unbranched alkanes of at least 4 members (excludes halogenated alkanes) is 1. The Balaban J connectivity index is 1.53. The molecule has 3 aromatic carbocycles. The second-order valence-electron chi connectivity index (χ2n) is 8.89. The summed E-state index contributed by atoms with van der Waals surface area (Å²) in [6.45, 7) is 0.0971. The molecule has 39 heavy (non-hydrogen) atoms. The average Bonchev–Trinajstić information content (AvgIpc) is 2.93. The molecular weight excluding hydrogens is 502 g/mol. The van der Waals surface area contributed by atoms with E-state index in [2.05, 4.69) is 16.0 Å². The molecule has 0 bridgehead atoms. The van der Waals surface area contributed by atoms with Crippen LogP contribution in [0.2, 0.25) is 0 Å². The van der Waals surface area contributed by atoms with Crippen molar-refractivity contribution in [3.63, 3.8) is 0 Å². The maximum Gasteiger partial charge on any atom is 0.255 e. The molecule has 11 nitrogen and oxygen atoms in total. The average molecular weight is 536 g/mol. The van der Waals surface area contributed by atoms with Crippen LogP contribution < -0.4 is 32.2 Å². The van der Waals surface area contributed by atoms with Crippen molar-refractivity contribution in [1.82, 2.24) is 16.0 Å². The van der Waals surface area contributed by atoms with E-state index in [-0.39, 0.29) is 43.3 Å². The first-order valence-corrected chi connectivity index (χ1v) is 12.5. The fraction of sp³-hybridized carbons (Fsp3) is 0.286. The van der Waals surface area contributed by atoms with E-state index >= 15 is 0 Å². The summed E-state index contributed by atoms with van der Waals surface area (Å²) >= 11 is 0. The van der Waals surface area contributed by atoms with Crippen molar-refractivity contribution in [2.45, 2.75) is 25.3 Å². The van der Waals surface area contributed by atoms with E-state index < -0.39 is 23.8 Å². The summed E-state index contributed by atoms with van der Waals surface area (Å²) in [5, 5.41) is 19.1. The Hall–Kier alpha value is -4.64. The van der Waals surface area contributed by atoms with Crippen molar-refractivity contribution < 1.29 is 29.0 Å². The minimum Gasteiger partial charge on any atom is -0.508 e. The summed E-state index contributed by atoms with van der Waals surface area (Å²) in [4.78, 5) is 48.3. The fourth-order valence-electron chi connectivity index (χ4n) is 3.85. The molecule has 0 heterocycles. The van der Waals surface area contributed by atoms with Gasteiger partial charge in [0.25, 0.3) is 5.91 Å². The van der Waals surface area contributed by atoms with Crippen LogP contribution in [0.4, 0.5) is 0 Å². The van der Waals surface area contributed by atoms with Gasteiger partial charge < -0.3 is 37.3 Å². The first-order valence-electron chi connectivity index (χ1n) is 12.5. The van der Waals surface area contributed by atoms with Gasteiger partial charge in [0.05, 0.1) is 25.3 Å². The van der Waals surface area contributed by atoms with E-state index in [0.717, 1.165) is 16.3 Å². The number of phenolic OH excluding ortho intramolecular Hbond substituents is 1. The number of carbonyl (C=O) groups excluding carboxylic acids is 4. The highest BCUT2D eigenvalue weighted by molar-refractivity contribution is 6.02. The third kappa shape index (κ3) is 9.00. The number of hydrogen-bond donors (Lipinski definition) is 6. The number of primary amides is 1.